The molecule has 7 heteroatoms. The van der Waals surface area contributed by atoms with Gasteiger partial charge < -0.3 is 10.1 Å². The van der Waals surface area contributed by atoms with Crippen molar-refractivity contribution in [1.29, 1.82) is 0 Å². The Labute approximate surface area is 117 Å². The fourth-order valence-corrected chi connectivity index (χ4v) is 1.64. The molecular formula is C12H18ClN3O3. The van der Waals surface area contributed by atoms with E-state index in [0.717, 1.165) is 12.8 Å². The van der Waals surface area contributed by atoms with Crippen LogP contribution in [-0.2, 0) is 4.74 Å². The zero-order chi connectivity index (χ0) is 14.3. The number of anilines is 1. The summed E-state index contributed by atoms with van der Waals surface area (Å²) >= 11 is 5.72. The minimum Gasteiger partial charge on any atom is -0.379 e. The van der Waals surface area contributed by atoms with Crippen molar-refractivity contribution in [2.24, 2.45) is 0 Å². The second-order valence-electron chi connectivity index (χ2n) is 4.34. The van der Waals surface area contributed by atoms with E-state index in [1.807, 2.05) is 13.8 Å². The Hall–Kier alpha value is -1.40. The van der Waals surface area contributed by atoms with Gasteiger partial charge in [-0.3, -0.25) is 10.1 Å². The molecule has 0 aliphatic rings. The first-order valence-electron chi connectivity index (χ1n) is 6.16. The summed E-state index contributed by atoms with van der Waals surface area (Å²) in [6.07, 6.45) is 2.06. The molecule has 0 bridgehead atoms. The van der Waals surface area contributed by atoms with Crippen LogP contribution in [0.3, 0.4) is 0 Å². The number of nitrogens with zero attached hydrogens (tertiary/aromatic N) is 2. The fourth-order valence-electron chi connectivity index (χ4n) is 1.44. The van der Waals surface area contributed by atoms with Crippen LogP contribution in [0.1, 0.15) is 26.7 Å². The Kier molecular flexibility index (Phi) is 6.52. The smallest absolute Gasteiger partial charge is 0.276 e. The van der Waals surface area contributed by atoms with Crippen LogP contribution in [0.15, 0.2) is 12.1 Å². The lowest BCUT2D eigenvalue weighted by Gasteiger charge is -2.08. The molecular weight excluding hydrogens is 270 g/mol. The SMILES string of the molecule is CC(C)OCCCCNc1cc([N+](=O)[O-])cc(Cl)n1. The van der Waals surface area contributed by atoms with Crippen LogP contribution < -0.4 is 5.32 Å². The Bertz CT molecular complexity index is 427. The lowest BCUT2D eigenvalue weighted by atomic mass is 10.3. The second kappa shape index (κ2) is 7.91. The molecule has 0 amide bonds. The van der Waals surface area contributed by atoms with Crippen LogP contribution in [0.4, 0.5) is 11.5 Å². The molecule has 0 aliphatic carbocycles. The van der Waals surface area contributed by atoms with Gasteiger partial charge >= 0.3 is 0 Å². The maximum Gasteiger partial charge on any atom is 0.276 e. The standard InChI is InChI=1S/C12H18ClN3O3/c1-9(2)19-6-4-3-5-14-12-8-10(16(17)18)7-11(13)15-12/h7-9H,3-6H2,1-2H3,(H,14,15). The van der Waals surface area contributed by atoms with Crippen molar-refractivity contribution >= 4 is 23.1 Å². The molecule has 0 aliphatic heterocycles. The number of pyridine rings is 1. The topological polar surface area (TPSA) is 77.3 Å². The largest absolute Gasteiger partial charge is 0.379 e. The van der Waals surface area contributed by atoms with Gasteiger partial charge in [-0.1, -0.05) is 11.6 Å². The van der Waals surface area contributed by atoms with E-state index in [4.69, 9.17) is 16.3 Å². The van der Waals surface area contributed by atoms with E-state index < -0.39 is 4.92 Å². The lowest BCUT2D eigenvalue weighted by Crippen LogP contribution is -2.08. The number of hydrogen-bond donors (Lipinski definition) is 1. The molecule has 1 rings (SSSR count). The second-order valence-corrected chi connectivity index (χ2v) is 4.73. The quantitative estimate of drug-likeness (QED) is 0.344. The van der Waals surface area contributed by atoms with Crippen molar-refractivity contribution < 1.29 is 9.66 Å². The molecule has 0 radical (unpaired) electrons. The van der Waals surface area contributed by atoms with Crippen LogP contribution in [0.2, 0.25) is 5.15 Å². The Morgan fingerprint density at radius 1 is 1.47 bits per heavy atom. The molecule has 0 saturated carbocycles. The summed E-state index contributed by atoms with van der Waals surface area (Å²) in [5.74, 6) is 0.420. The molecule has 1 aromatic rings. The molecule has 0 fully saturated rings. The van der Waals surface area contributed by atoms with Gasteiger partial charge in [0.1, 0.15) is 11.0 Å². The third kappa shape index (κ3) is 6.35. The number of aromatic nitrogens is 1. The molecule has 1 N–H and O–H groups in total. The molecule has 19 heavy (non-hydrogen) atoms. The van der Waals surface area contributed by atoms with Crippen molar-refractivity contribution in [2.45, 2.75) is 32.8 Å². The van der Waals surface area contributed by atoms with Gasteiger partial charge in [-0.2, -0.15) is 0 Å². The maximum absolute atomic E-state index is 10.7. The third-order valence-electron chi connectivity index (χ3n) is 2.32. The van der Waals surface area contributed by atoms with Crippen LogP contribution in [0, 0.1) is 10.1 Å². The molecule has 6 nitrogen and oxygen atoms in total. The van der Waals surface area contributed by atoms with Crippen LogP contribution >= 0.6 is 11.6 Å². The summed E-state index contributed by atoms with van der Waals surface area (Å²) in [6.45, 7) is 5.37. The molecule has 0 atom stereocenters. The van der Waals surface area contributed by atoms with Gasteiger partial charge in [-0.15, -0.1) is 0 Å². The van der Waals surface area contributed by atoms with Gasteiger partial charge in [0, 0.05) is 13.2 Å². The lowest BCUT2D eigenvalue weighted by molar-refractivity contribution is -0.384. The molecule has 106 valence electrons. The Balaban J connectivity index is 2.35. The van der Waals surface area contributed by atoms with Crippen LogP contribution in [0.25, 0.3) is 0 Å². The number of halogens is 1. The van der Waals surface area contributed by atoms with Gasteiger partial charge in [0.2, 0.25) is 0 Å². The average Bonchev–Trinajstić information content (AvgIpc) is 2.32. The first kappa shape index (κ1) is 15.7. The van der Waals surface area contributed by atoms with Crippen molar-refractivity contribution in [3.05, 3.63) is 27.4 Å². The number of ether oxygens (including phenoxy) is 1. The van der Waals surface area contributed by atoms with Crippen molar-refractivity contribution in [3.8, 4) is 0 Å². The summed E-state index contributed by atoms with van der Waals surface area (Å²) in [5, 5.41) is 13.8. The highest BCUT2D eigenvalue weighted by atomic mass is 35.5. The summed E-state index contributed by atoms with van der Waals surface area (Å²) < 4.78 is 5.41. The number of unbranched alkanes of at least 4 members (excludes halogenated alkanes) is 1. The first-order valence-corrected chi connectivity index (χ1v) is 6.54. The Morgan fingerprint density at radius 2 is 2.21 bits per heavy atom. The predicted molar refractivity (Wildman–Crippen MR) is 74.7 cm³/mol. The van der Waals surface area contributed by atoms with Gasteiger partial charge in [-0.25, -0.2) is 4.98 Å². The van der Waals surface area contributed by atoms with Crippen molar-refractivity contribution in [2.75, 3.05) is 18.5 Å². The fraction of sp³-hybridized carbons (Fsp3) is 0.583. The minimum absolute atomic E-state index is 0.0642. The predicted octanol–water partition coefficient (Wildman–Crippen LogP) is 3.26. The van der Waals surface area contributed by atoms with E-state index in [2.05, 4.69) is 10.3 Å². The van der Waals surface area contributed by atoms with Crippen molar-refractivity contribution in [1.82, 2.24) is 4.98 Å². The highest BCUT2D eigenvalue weighted by Crippen LogP contribution is 2.20. The highest BCUT2D eigenvalue weighted by molar-refractivity contribution is 6.29. The normalized spacial score (nSPS) is 10.7. The van der Waals surface area contributed by atoms with Gasteiger partial charge in [-0.05, 0) is 26.7 Å². The van der Waals surface area contributed by atoms with E-state index in [0.29, 0.717) is 19.0 Å². The van der Waals surface area contributed by atoms with Gasteiger partial charge in [0.25, 0.3) is 5.69 Å². The molecule has 0 aromatic carbocycles. The Morgan fingerprint density at radius 3 is 2.84 bits per heavy atom. The first-order chi connectivity index (χ1) is 8.99. The molecule has 0 saturated heterocycles. The van der Waals surface area contributed by atoms with E-state index in [9.17, 15) is 10.1 Å². The summed E-state index contributed by atoms with van der Waals surface area (Å²) in [6, 6.07) is 2.60. The van der Waals surface area contributed by atoms with Crippen LogP contribution in [0.5, 0.6) is 0 Å². The zero-order valence-corrected chi connectivity index (χ0v) is 11.8. The summed E-state index contributed by atoms with van der Waals surface area (Å²) in [4.78, 5) is 14.1. The van der Waals surface area contributed by atoms with E-state index in [-0.39, 0.29) is 16.9 Å². The molecule has 1 heterocycles. The monoisotopic (exact) mass is 287 g/mol. The van der Waals surface area contributed by atoms with Gasteiger partial charge in [0.05, 0.1) is 23.2 Å². The van der Waals surface area contributed by atoms with Crippen molar-refractivity contribution in [3.63, 3.8) is 0 Å². The maximum atomic E-state index is 10.7. The van der Waals surface area contributed by atoms with Gasteiger partial charge in [0.15, 0.2) is 0 Å². The molecule has 1 aromatic heterocycles. The molecule has 0 unspecified atom stereocenters. The zero-order valence-electron chi connectivity index (χ0n) is 11.1. The summed E-state index contributed by atoms with van der Waals surface area (Å²) in [7, 11) is 0. The van der Waals surface area contributed by atoms with E-state index in [1.54, 1.807) is 0 Å². The summed E-state index contributed by atoms with van der Waals surface area (Å²) in [5.41, 5.74) is -0.0642. The third-order valence-corrected chi connectivity index (χ3v) is 2.51. The van der Waals surface area contributed by atoms with E-state index >= 15 is 0 Å². The number of rotatable bonds is 8. The number of nitro groups is 1. The van der Waals surface area contributed by atoms with E-state index in [1.165, 1.54) is 12.1 Å². The van der Waals surface area contributed by atoms with Crippen LogP contribution in [-0.4, -0.2) is 29.2 Å². The molecule has 0 spiro atoms. The average molecular weight is 288 g/mol. The number of nitrogens with one attached hydrogen (secondary N) is 1. The minimum atomic E-state index is -0.491. The highest BCUT2D eigenvalue weighted by Gasteiger charge is 2.09. The number of hydrogen-bond acceptors (Lipinski definition) is 5.